The van der Waals surface area contributed by atoms with Gasteiger partial charge in [0, 0.05) is 16.7 Å². The molecule has 0 saturated carbocycles. The van der Waals surface area contributed by atoms with Crippen molar-refractivity contribution in [1.29, 1.82) is 0 Å². The summed E-state index contributed by atoms with van der Waals surface area (Å²) in [6.45, 7) is 4.33. The Balaban J connectivity index is 1.91. The van der Waals surface area contributed by atoms with E-state index in [1.54, 1.807) is 18.2 Å². The lowest BCUT2D eigenvalue weighted by atomic mass is 9.83. The minimum Gasteiger partial charge on any atom is -0.434 e. The van der Waals surface area contributed by atoms with Crippen LogP contribution >= 0.6 is 0 Å². The van der Waals surface area contributed by atoms with Crippen LogP contribution in [-0.4, -0.2) is 37.1 Å². The third-order valence-corrected chi connectivity index (χ3v) is 5.32. The minimum absolute atomic E-state index is 0.0427. The van der Waals surface area contributed by atoms with E-state index < -0.39 is 23.9 Å². The maximum atomic E-state index is 13.3. The first-order chi connectivity index (χ1) is 16.5. The molecular formula is C26H28O8. The fourth-order valence-corrected chi connectivity index (χ4v) is 3.57. The van der Waals surface area contributed by atoms with E-state index in [2.05, 4.69) is 0 Å². The topological polar surface area (TPSA) is 105 Å². The molecule has 0 amide bonds. The van der Waals surface area contributed by atoms with Crippen LogP contribution < -0.4 is 9.47 Å². The van der Waals surface area contributed by atoms with Gasteiger partial charge in [-0.2, -0.15) is 0 Å². The van der Waals surface area contributed by atoms with Gasteiger partial charge in [0.1, 0.15) is 0 Å². The highest BCUT2D eigenvalue weighted by Gasteiger charge is 2.35. The number of ketones is 2. The molecule has 0 atom stereocenters. The van der Waals surface area contributed by atoms with Crippen LogP contribution in [0.1, 0.15) is 84.2 Å². The molecule has 0 heterocycles. The average Bonchev–Trinajstić information content (AvgIpc) is 2.84. The molecular weight excluding hydrogens is 440 g/mol. The van der Waals surface area contributed by atoms with Crippen molar-refractivity contribution in [3.63, 3.8) is 0 Å². The van der Waals surface area contributed by atoms with Crippen LogP contribution in [0.25, 0.3) is 0 Å². The van der Waals surface area contributed by atoms with Crippen molar-refractivity contribution in [3.8, 4) is 11.5 Å². The highest BCUT2D eigenvalue weighted by atomic mass is 16.7. The summed E-state index contributed by atoms with van der Waals surface area (Å²) in [6.07, 6.45) is 2.91. The Kier molecular flexibility index (Phi) is 8.79. The molecule has 0 spiro atoms. The Morgan fingerprint density at radius 3 is 1.82 bits per heavy atom. The van der Waals surface area contributed by atoms with Crippen LogP contribution in [-0.2, 0) is 9.47 Å². The van der Waals surface area contributed by atoms with Crippen molar-refractivity contribution in [3.05, 3.63) is 58.7 Å². The maximum Gasteiger partial charge on any atom is 0.513 e. The first-order valence-corrected chi connectivity index (χ1v) is 11.5. The van der Waals surface area contributed by atoms with Crippen molar-refractivity contribution < 1.29 is 38.1 Å². The van der Waals surface area contributed by atoms with E-state index in [1.807, 2.05) is 13.8 Å². The normalized spacial score (nSPS) is 11.9. The van der Waals surface area contributed by atoms with Gasteiger partial charge in [0.05, 0.1) is 18.8 Å². The number of carbonyl (C=O) groups excluding carboxylic acids is 4. The highest BCUT2D eigenvalue weighted by molar-refractivity contribution is 6.29. The van der Waals surface area contributed by atoms with Crippen LogP contribution in [0.2, 0.25) is 0 Å². The van der Waals surface area contributed by atoms with Gasteiger partial charge in [-0.15, -0.1) is 0 Å². The van der Waals surface area contributed by atoms with E-state index in [9.17, 15) is 19.2 Å². The minimum atomic E-state index is -1.07. The zero-order valence-corrected chi connectivity index (χ0v) is 19.4. The molecule has 0 radical (unpaired) electrons. The van der Waals surface area contributed by atoms with Crippen LogP contribution in [0.3, 0.4) is 0 Å². The van der Waals surface area contributed by atoms with E-state index in [0.29, 0.717) is 12.8 Å². The second-order valence-corrected chi connectivity index (χ2v) is 7.83. The van der Waals surface area contributed by atoms with Crippen LogP contribution in [0, 0.1) is 0 Å². The summed E-state index contributed by atoms with van der Waals surface area (Å²) in [5.41, 5.74) is 0.296. The summed E-state index contributed by atoms with van der Waals surface area (Å²) in [4.78, 5) is 50.9. The first-order valence-electron chi connectivity index (χ1n) is 11.5. The summed E-state index contributed by atoms with van der Waals surface area (Å²) < 4.78 is 20.7. The molecule has 0 aliphatic heterocycles. The lowest BCUT2D eigenvalue weighted by Gasteiger charge is -2.21. The van der Waals surface area contributed by atoms with Gasteiger partial charge in [-0.1, -0.05) is 63.8 Å². The van der Waals surface area contributed by atoms with E-state index in [0.717, 1.165) is 25.7 Å². The molecule has 34 heavy (non-hydrogen) atoms. The Morgan fingerprint density at radius 1 is 0.676 bits per heavy atom. The second-order valence-electron chi connectivity index (χ2n) is 7.83. The lowest BCUT2D eigenvalue weighted by molar-refractivity contribution is 0.0861. The number of benzene rings is 2. The zero-order chi connectivity index (χ0) is 24.5. The molecule has 3 rings (SSSR count). The third-order valence-electron chi connectivity index (χ3n) is 5.32. The van der Waals surface area contributed by atoms with Gasteiger partial charge in [-0.05, 0) is 25.0 Å². The molecule has 0 unspecified atom stereocenters. The van der Waals surface area contributed by atoms with Gasteiger partial charge < -0.3 is 18.9 Å². The van der Waals surface area contributed by atoms with Crippen molar-refractivity contribution in [2.24, 2.45) is 0 Å². The lowest BCUT2D eigenvalue weighted by Crippen LogP contribution is -2.24. The SMILES string of the molecule is CCCCCOC(=O)Oc1ccc2c(c1OC(=O)OCCCCC)C(=O)c1ccccc1C2=O. The zero-order valence-electron chi connectivity index (χ0n) is 19.4. The molecule has 0 bridgehead atoms. The van der Waals surface area contributed by atoms with Gasteiger partial charge in [0.25, 0.3) is 0 Å². The summed E-state index contributed by atoms with van der Waals surface area (Å²) in [7, 11) is 0. The molecule has 1 aliphatic carbocycles. The van der Waals surface area contributed by atoms with Crippen molar-refractivity contribution in [2.45, 2.75) is 52.4 Å². The number of hydrogen-bond donors (Lipinski definition) is 0. The van der Waals surface area contributed by atoms with E-state index >= 15 is 0 Å². The monoisotopic (exact) mass is 468 g/mol. The van der Waals surface area contributed by atoms with E-state index in [1.165, 1.54) is 18.2 Å². The van der Waals surface area contributed by atoms with Crippen molar-refractivity contribution >= 4 is 23.9 Å². The van der Waals surface area contributed by atoms with Crippen LogP contribution in [0.5, 0.6) is 11.5 Å². The van der Waals surface area contributed by atoms with E-state index in [-0.39, 0.29) is 47.0 Å². The molecule has 0 aromatic heterocycles. The van der Waals surface area contributed by atoms with Crippen molar-refractivity contribution in [2.75, 3.05) is 13.2 Å². The number of carbonyl (C=O) groups is 4. The van der Waals surface area contributed by atoms with Gasteiger partial charge >= 0.3 is 12.3 Å². The first kappa shape index (κ1) is 25.0. The third kappa shape index (κ3) is 5.81. The van der Waals surface area contributed by atoms with Gasteiger partial charge in [-0.3, -0.25) is 9.59 Å². The van der Waals surface area contributed by atoms with Gasteiger partial charge in [-0.25, -0.2) is 9.59 Å². The molecule has 0 N–H and O–H groups in total. The summed E-state index contributed by atoms with van der Waals surface area (Å²) >= 11 is 0. The second kappa shape index (κ2) is 12.0. The predicted molar refractivity (Wildman–Crippen MR) is 123 cm³/mol. The number of ether oxygens (including phenoxy) is 4. The summed E-state index contributed by atoms with van der Waals surface area (Å²) in [6, 6.07) is 9.02. The number of unbranched alkanes of at least 4 members (excludes halogenated alkanes) is 4. The summed E-state index contributed by atoms with van der Waals surface area (Å²) in [5, 5.41) is 0. The van der Waals surface area contributed by atoms with Crippen LogP contribution in [0.4, 0.5) is 9.59 Å². The Bertz CT molecular complexity index is 1070. The van der Waals surface area contributed by atoms with E-state index in [4.69, 9.17) is 18.9 Å². The fourth-order valence-electron chi connectivity index (χ4n) is 3.57. The van der Waals surface area contributed by atoms with Crippen LogP contribution in [0.15, 0.2) is 36.4 Å². The standard InChI is InChI=1S/C26H28O8/c1-3-5-9-15-31-25(29)33-20-14-13-19-21(24(20)34-26(30)32-16-10-6-4-2)23(28)18-12-8-7-11-17(18)22(19)27/h7-8,11-14H,3-6,9-10,15-16H2,1-2H3. The molecule has 1 aliphatic rings. The number of rotatable bonds is 10. The smallest absolute Gasteiger partial charge is 0.434 e. The number of fused-ring (bicyclic) bond motifs is 2. The molecule has 180 valence electrons. The van der Waals surface area contributed by atoms with Gasteiger partial charge in [0.15, 0.2) is 23.1 Å². The largest absolute Gasteiger partial charge is 0.513 e. The molecule has 2 aromatic rings. The Hall–Kier alpha value is -3.68. The predicted octanol–water partition coefficient (Wildman–Crippen LogP) is 5.87. The molecule has 0 saturated heterocycles. The maximum absolute atomic E-state index is 13.3. The molecule has 2 aromatic carbocycles. The van der Waals surface area contributed by atoms with Crippen molar-refractivity contribution in [1.82, 2.24) is 0 Å². The summed E-state index contributed by atoms with van der Waals surface area (Å²) in [5.74, 6) is -1.50. The molecule has 0 fully saturated rings. The Morgan fingerprint density at radius 2 is 1.24 bits per heavy atom. The fraction of sp³-hybridized carbons (Fsp3) is 0.385. The molecule has 8 nitrogen and oxygen atoms in total. The average molecular weight is 469 g/mol. The van der Waals surface area contributed by atoms with Gasteiger partial charge in [0.2, 0.25) is 0 Å². The Labute approximate surface area is 198 Å². The quantitative estimate of drug-likeness (QED) is 0.207. The highest BCUT2D eigenvalue weighted by Crippen LogP contribution is 2.40. The number of hydrogen-bond acceptors (Lipinski definition) is 8. The molecule has 8 heteroatoms.